The molecule has 0 N–H and O–H groups in total. The summed E-state index contributed by atoms with van der Waals surface area (Å²) < 4.78 is 4.42. The van der Waals surface area contributed by atoms with E-state index >= 15 is 0 Å². The van der Waals surface area contributed by atoms with Crippen molar-refractivity contribution < 1.29 is 29.1 Å². The van der Waals surface area contributed by atoms with E-state index in [-0.39, 0.29) is 12.2 Å². The van der Waals surface area contributed by atoms with Crippen molar-refractivity contribution in [1.82, 2.24) is 0 Å². The number of ether oxygens (including phenoxy) is 1. The van der Waals surface area contributed by atoms with Crippen LogP contribution in [0.25, 0.3) is 0 Å². The molecule has 0 spiro atoms. The van der Waals surface area contributed by atoms with Gasteiger partial charge in [0.1, 0.15) is 0 Å². The summed E-state index contributed by atoms with van der Waals surface area (Å²) in [6.07, 6.45) is -1.10. The summed E-state index contributed by atoms with van der Waals surface area (Å²) in [4.78, 5) is 31.1. The highest BCUT2D eigenvalue weighted by Gasteiger charge is 2.30. The minimum absolute atomic E-state index is 0.115. The summed E-state index contributed by atoms with van der Waals surface area (Å²) >= 11 is 0. The van der Waals surface area contributed by atoms with Crippen LogP contribution in [0.5, 0.6) is 0 Å². The lowest BCUT2D eigenvalue weighted by molar-refractivity contribution is -0.457. The molecule has 0 aliphatic carbocycles. The Kier molecular flexibility index (Phi) is 5.92. The Labute approximate surface area is 123 Å². The summed E-state index contributed by atoms with van der Waals surface area (Å²) in [6.45, 7) is 9.06. The van der Waals surface area contributed by atoms with Crippen molar-refractivity contribution in [2.75, 3.05) is 6.61 Å². The second-order valence-corrected chi connectivity index (χ2v) is 4.67. The highest BCUT2D eigenvalue weighted by atomic mass is 17.5. The van der Waals surface area contributed by atoms with Crippen LogP contribution in [0.1, 0.15) is 26.3 Å². The van der Waals surface area contributed by atoms with Gasteiger partial charge in [0.15, 0.2) is 0 Å². The molecule has 0 aromatic heterocycles. The van der Waals surface area contributed by atoms with E-state index in [1.807, 2.05) is 44.2 Å². The van der Waals surface area contributed by atoms with Crippen LogP contribution in [0.2, 0.25) is 0 Å². The van der Waals surface area contributed by atoms with Crippen molar-refractivity contribution in [2.24, 2.45) is 0 Å². The van der Waals surface area contributed by atoms with Crippen LogP contribution < -0.4 is 0 Å². The summed E-state index contributed by atoms with van der Waals surface area (Å²) in [5.41, 5.74) is 0.380. The Morgan fingerprint density at radius 3 is 2.33 bits per heavy atom. The average Bonchev–Trinajstić information content (AvgIpc) is 2.47. The summed E-state index contributed by atoms with van der Waals surface area (Å²) in [6, 6.07) is 9.33. The van der Waals surface area contributed by atoms with Gasteiger partial charge in [0.25, 0.3) is 0 Å². The number of benzene rings is 1. The fraction of sp³-hybridized carbons (Fsp3) is 0.333. The number of carbonyl (C=O) groups excluding carboxylic acids is 2. The lowest BCUT2D eigenvalue weighted by Gasteiger charge is -2.25. The molecule has 1 aromatic rings. The minimum atomic E-state index is -1.10. The number of hydrogen-bond donors (Lipinski definition) is 0. The van der Waals surface area contributed by atoms with Gasteiger partial charge in [-0.2, -0.15) is 0 Å². The lowest BCUT2D eigenvalue weighted by atomic mass is 9.78. The Morgan fingerprint density at radius 1 is 1.14 bits per heavy atom. The number of rotatable bonds is 6. The van der Waals surface area contributed by atoms with E-state index in [9.17, 15) is 9.59 Å². The molecule has 0 saturated heterocycles. The van der Waals surface area contributed by atoms with Crippen LogP contribution in [0.3, 0.4) is 0 Å². The standard InChI is InChI=1S/C15H18O6/c1-5-18-14(17)20-21-19-13(16)11(2)15(3,4)12-9-7-6-8-10-12/h6-10H,2,5H2,1,3-4H3. The van der Waals surface area contributed by atoms with Gasteiger partial charge in [0, 0.05) is 11.0 Å². The molecule has 0 radical (unpaired) electrons. The molecule has 6 heteroatoms. The number of hydrogen-bond acceptors (Lipinski definition) is 6. The van der Waals surface area contributed by atoms with Crippen molar-refractivity contribution in [1.29, 1.82) is 0 Å². The van der Waals surface area contributed by atoms with Crippen LogP contribution in [0.4, 0.5) is 4.79 Å². The molecule has 114 valence electrons. The van der Waals surface area contributed by atoms with E-state index in [1.165, 1.54) is 0 Å². The minimum Gasteiger partial charge on any atom is -0.433 e. The van der Waals surface area contributed by atoms with Gasteiger partial charge < -0.3 is 4.74 Å². The molecule has 0 atom stereocenters. The van der Waals surface area contributed by atoms with Crippen molar-refractivity contribution >= 4 is 12.1 Å². The Bertz CT molecular complexity index is 506. The fourth-order valence-electron chi connectivity index (χ4n) is 1.55. The first-order valence-corrected chi connectivity index (χ1v) is 6.36. The van der Waals surface area contributed by atoms with Gasteiger partial charge in [-0.1, -0.05) is 50.8 Å². The van der Waals surface area contributed by atoms with Crippen molar-refractivity contribution in [3.05, 3.63) is 48.0 Å². The van der Waals surface area contributed by atoms with Gasteiger partial charge in [-0.05, 0) is 12.5 Å². The van der Waals surface area contributed by atoms with Gasteiger partial charge in [0.05, 0.1) is 11.6 Å². The fourth-order valence-corrected chi connectivity index (χ4v) is 1.55. The maximum atomic E-state index is 11.8. The van der Waals surface area contributed by atoms with Crippen LogP contribution in [0, 0.1) is 0 Å². The zero-order valence-corrected chi connectivity index (χ0v) is 12.3. The normalized spacial score (nSPS) is 10.6. The van der Waals surface area contributed by atoms with Gasteiger partial charge in [0.2, 0.25) is 0 Å². The second-order valence-electron chi connectivity index (χ2n) is 4.67. The molecular weight excluding hydrogens is 276 g/mol. The molecule has 1 rings (SSSR count). The topological polar surface area (TPSA) is 71.1 Å². The Balaban J connectivity index is 2.58. The first kappa shape index (κ1) is 16.7. The Morgan fingerprint density at radius 2 is 1.76 bits per heavy atom. The van der Waals surface area contributed by atoms with Gasteiger partial charge >= 0.3 is 12.1 Å². The quantitative estimate of drug-likeness (QED) is 0.347. The maximum Gasteiger partial charge on any atom is 0.543 e. The molecular formula is C15H18O6. The van der Waals surface area contributed by atoms with Crippen molar-refractivity contribution in [3.63, 3.8) is 0 Å². The van der Waals surface area contributed by atoms with Gasteiger partial charge in [-0.15, -0.1) is 0 Å². The van der Waals surface area contributed by atoms with Crippen LogP contribution in [-0.4, -0.2) is 18.7 Å². The average molecular weight is 294 g/mol. The molecule has 0 bridgehead atoms. The van der Waals surface area contributed by atoms with E-state index < -0.39 is 17.5 Å². The van der Waals surface area contributed by atoms with E-state index in [0.717, 1.165) is 5.56 Å². The predicted molar refractivity (Wildman–Crippen MR) is 73.9 cm³/mol. The maximum absolute atomic E-state index is 11.8. The summed E-state index contributed by atoms with van der Waals surface area (Å²) in [5.74, 6) is -0.840. The van der Waals surface area contributed by atoms with E-state index in [4.69, 9.17) is 0 Å². The second kappa shape index (κ2) is 7.44. The van der Waals surface area contributed by atoms with Gasteiger partial charge in [-0.3, -0.25) is 4.89 Å². The third-order valence-corrected chi connectivity index (χ3v) is 2.97. The molecule has 0 heterocycles. The first-order valence-electron chi connectivity index (χ1n) is 6.36. The van der Waals surface area contributed by atoms with Crippen LogP contribution >= 0.6 is 0 Å². The zero-order valence-electron chi connectivity index (χ0n) is 12.3. The first-order chi connectivity index (χ1) is 9.89. The summed E-state index contributed by atoms with van der Waals surface area (Å²) in [5, 5.41) is 4.08. The molecule has 21 heavy (non-hydrogen) atoms. The van der Waals surface area contributed by atoms with Crippen molar-refractivity contribution in [2.45, 2.75) is 26.2 Å². The van der Waals surface area contributed by atoms with E-state index in [1.54, 1.807) is 6.92 Å². The van der Waals surface area contributed by atoms with E-state index in [2.05, 4.69) is 26.1 Å². The molecule has 0 aliphatic rings. The molecule has 0 unspecified atom stereocenters. The largest absolute Gasteiger partial charge is 0.543 e. The lowest BCUT2D eigenvalue weighted by Crippen LogP contribution is -2.26. The molecule has 0 aliphatic heterocycles. The predicted octanol–water partition coefficient (Wildman–Crippen LogP) is 3.08. The van der Waals surface area contributed by atoms with Crippen molar-refractivity contribution in [3.8, 4) is 0 Å². The smallest absolute Gasteiger partial charge is 0.433 e. The molecule has 6 nitrogen and oxygen atoms in total. The third-order valence-electron chi connectivity index (χ3n) is 2.97. The third kappa shape index (κ3) is 4.61. The monoisotopic (exact) mass is 294 g/mol. The molecule has 0 fully saturated rings. The van der Waals surface area contributed by atoms with Crippen LogP contribution in [-0.2, 0) is 29.8 Å². The highest BCUT2D eigenvalue weighted by Crippen LogP contribution is 2.30. The number of carbonyl (C=O) groups is 2. The van der Waals surface area contributed by atoms with Gasteiger partial charge in [-0.25, -0.2) is 14.5 Å². The Hall–Kier alpha value is -2.34. The zero-order chi connectivity index (χ0) is 15.9. The summed E-state index contributed by atoms with van der Waals surface area (Å²) in [7, 11) is 0. The SMILES string of the molecule is C=C(C(=O)OOOC(=O)OCC)C(C)(C)c1ccccc1. The van der Waals surface area contributed by atoms with Crippen LogP contribution in [0.15, 0.2) is 42.5 Å². The molecule has 1 aromatic carbocycles. The van der Waals surface area contributed by atoms with E-state index in [0.29, 0.717) is 0 Å². The highest BCUT2D eigenvalue weighted by molar-refractivity contribution is 5.90. The molecule has 0 saturated carbocycles. The molecule has 0 amide bonds.